The minimum absolute atomic E-state index is 0.0199. The molecule has 108 valence electrons. The second kappa shape index (κ2) is 5.35. The molecule has 2 aliphatic rings. The number of benzene rings is 1. The molecule has 0 radical (unpaired) electrons. The van der Waals surface area contributed by atoms with Gasteiger partial charge in [-0.1, -0.05) is 6.07 Å². The fraction of sp³-hybridized carbons (Fsp3) is 0.500. The molecule has 20 heavy (non-hydrogen) atoms. The van der Waals surface area contributed by atoms with Crippen molar-refractivity contribution >= 4 is 0 Å². The normalized spacial score (nSPS) is 25.9. The van der Waals surface area contributed by atoms with E-state index in [0.717, 1.165) is 24.8 Å². The van der Waals surface area contributed by atoms with Crippen LogP contribution in [-0.4, -0.2) is 19.8 Å². The highest BCUT2D eigenvalue weighted by atomic mass is 19.1. The lowest BCUT2D eigenvalue weighted by Gasteiger charge is -2.26. The first-order chi connectivity index (χ1) is 9.74. The van der Waals surface area contributed by atoms with Crippen molar-refractivity contribution in [2.24, 2.45) is 0 Å². The Morgan fingerprint density at radius 1 is 1.45 bits per heavy atom. The van der Waals surface area contributed by atoms with Crippen molar-refractivity contribution in [2.45, 2.75) is 38.2 Å². The Hall–Kier alpha value is -1.71. The van der Waals surface area contributed by atoms with Crippen LogP contribution in [0.4, 0.5) is 4.39 Å². The number of hydrogen-bond acceptors (Lipinski definition) is 3. The molecule has 0 saturated heterocycles. The maximum Gasteiger partial charge on any atom is 0.207 e. The average Bonchev–Trinajstić information content (AvgIpc) is 2.81. The third-order valence-electron chi connectivity index (χ3n) is 4.03. The second-order valence-corrected chi connectivity index (χ2v) is 5.25. The van der Waals surface area contributed by atoms with E-state index in [9.17, 15) is 4.39 Å². The Morgan fingerprint density at radius 3 is 3.05 bits per heavy atom. The van der Waals surface area contributed by atoms with E-state index in [1.54, 1.807) is 19.4 Å². The largest absolute Gasteiger partial charge is 0.504 e. The minimum atomic E-state index is -0.365. The lowest BCUT2D eigenvalue weighted by Crippen LogP contribution is -2.24. The van der Waals surface area contributed by atoms with Gasteiger partial charge in [-0.2, -0.15) is 4.39 Å². The third-order valence-corrected chi connectivity index (χ3v) is 4.03. The van der Waals surface area contributed by atoms with Gasteiger partial charge in [0, 0.05) is 17.9 Å². The van der Waals surface area contributed by atoms with Gasteiger partial charge < -0.3 is 14.2 Å². The lowest BCUT2D eigenvalue weighted by molar-refractivity contribution is 0.175. The van der Waals surface area contributed by atoms with E-state index < -0.39 is 0 Å². The van der Waals surface area contributed by atoms with Crippen LogP contribution in [0.1, 0.15) is 37.7 Å². The molecule has 3 nitrogen and oxygen atoms in total. The Bertz CT molecular complexity index is 539. The number of fused-ring (bicyclic) bond motifs is 3. The Kier molecular flexibility index (Phi) is 3.55. The fourth-order valence-electron chi connectivity index (χ4n) is 3.17. The van der Waals surface area contributed by atoms with Crippen LogP contribution in [0.25, 0.3) is 0 Å². The highest BCUT2D eigenvalue weighted by molar-refractivity contribution is 5.48. The standard InChI is InChI=1S/C16H19FO3/c1-3-19-13-7-6-12-11-5-4-10(9-18-2)8-14(11)20-16(12)15(13)17/h6-7,9,11,14H,3-5,8H2,1-2H3/b10-9+/t11-,14?/m0/s1. The van der Waals surface area contributed by atoms with Crippen molar-refractivity contribution in [1.82, 2.24) is 0 Å². The Balaban J connectivity index is 1.88. The van der Waals surface area contributed by atoms with Crippen molar-refractivity contribution < 1.29 is 18.6 Å². The molecule has 2 atom stereocenters. The van der Waals surface area contributed by atoms with E-state index in [4.69, 9.17) is 14.2 Å². The molecule has 1 aromatic rings. The molecule has 1 fully saturated rings. The number of ether oxygens (including phenoxy) is 3. The van der Waals surface area contributed by atoms with Crippen molar-refractivity contribution in [2.75, 3.05) is 13.7 Å². The number of halogens is 1. The molecular formula is C16H19FO3. The molecule has 4 heteroatoms. The van der Waals surface area contributed by atoms with Crippen molar-refractivity contribution in [3.8, 4) is 11.5 Å². The van der Waals surface area contributed by atoms with Crippen LogP contribution < -0.4 is 9.47 Å². The minimum Gasteiger partial charge on any atom is -0.504 e. The second-order valence-electron chi connectivity index (χ2n) is 5.25. The number of methoxy groups -OCH3 is 1. The first-order valence-corrected chi connectivity index (χ1v) is 7.07. The third kappa shape index (κ3) is 2.13. The van der Waals surface area contributed by atoms with Crippen LogP contribution in [0.2, 0.25) is 0 Å². The first-order valence-electron chi connectivity index (χ1n) is 7.07. The van der Waals surface area contributed by atoms with Gasteiger partial charge >= 0.3 is 0 Å². The summed E-state index contributed by atoms with van der Waals surface area (Å²) in [5.41, 5.74) is 2.21. The molecule has 1 aliphatic heterocycles. The quantitative estimate of drug-likeness (QED) is 0.787. The van der Waals surface area contributed by atoms with Crippen LogP contribution in [0, 0.1) is 5.82 Å². The summed E-state index contributed by atoms with van der Waals surface area (Å²) in [7, 11) is 1.65. The summed E-state index contributed by atoms with van der Waals surface area (Å²) in [4.78, 5) is 0. The predicted octanol–water partition coefficient (Wildman–Crippen LogP) is 3.78. The zero-order valence-electron chi connectivity index (χ0n) is 11.8. The molecule has 1 aromatic carbocycles. The smallest absolute Gasteiger partial charge is 0.207 e. The maximum atomic E-state index is 14.4. The van der Waals surface area contributed by atoms with Gasteiger partial charge in [0.05, 0.1) is 20.0 Å². The van der Waals surface area contributed by atoms with Crippen LogP contribution in [-0.2, 0) is 4.74 Å². The molecule has 3 rings (SSSR count). The SMILES string of the molecule is CCOc1ccc2c(c1F)OC1C/C(=C/OC)CC[C@@H]21. The van der Waals surface area contributed by atoms with E-state index in [2.05, 4.69) is 0 Å². The summed E-state index contributed by atoms with van der Waals surface area (Å²) >= 11 is 0. The topological polar surface area (TPSA) is 27.7 Å². The molecule has 1 unspecified atom stereocenters. The van der Waals surface area contributed by atoms with Gasteiger partial charge in [0.1, 0.15) is 6.10 Å². The van der Waals surface area contributed by atoms with E-state index in [0.29, 0.717) is 12.4 Å². The number of hydrogen-bond donors (Lipinski definition) is 0. The molecule has 0 amide bonds. The summed E-state index contributed by atoms with van der Waals surface area (Å²) < 4.78 is 30.6. The molecule has 0 spiro atoms. The fourth-order valence-corrected chi connectivity index (χ4v) is 3.17. The molecule has 1 aliphatic carbocycles. The van der Waals surface area contributed by atoms with Gasteiger partial charge in [-0.15, -0.1) is 0 Å². The highest BCUT2D eigenvalue weighted by Crippen LogP contribution is 2.49. The molecule has 1 saturated carbocycles. The number of rotatable bonds is 3. The lowest BCUT2D eigenvalue weighted by atomic mass is 9.81. The zero-order valence-corrected chi connectivity index (χ0v) is 11.8. The van der Waals surface area contributed by atoms with E-state index in [1.807, 2.05) is 13.0 Å². The van der Waals surface area contributed by atoms with Crippen molar-refractivity contribution in [3.05, 3.63) is 35.3 Å². The summed E-state index contributed by atoms with van der Waals surface area (Å²) in [6, 6.07) is 3.66. The van der Waals surface area contributed by atoms with Crippen LogP contribution in [0.15, 0.2) is 24.0 Å². The van der Waals surface area contributed by atoms with E-state index in [1.165, 1.54) is 5.57 Å². The van der Waals surface area contributed by atoms with Gasteiger partial charge in [-0.05, 0) is 31.4 Å². The zero-order chi connectivity index (χ0) is 14.1. The van der Waals surface area contributed by atoms with Gasteiger partial charge in [0.2, 0.25) is 5.82 Å². The van der Waals surface area contributed by atoms with Gasteiger partial charge in [-0.3, -0.25) is 0 Å². The Morgan fingerprint density at radius 2 is 2.30 bits per heavy atom. The molecule has 0 bridgehead atoms. The average molecular weight is 278 g/mol. The van der Waals surface area contributed by atoms with Crippen molar-refractivity contribution in [1.29, 1.82) is 0 Å². The predicted molar refractivity (Wildman–Crippen MR) is 73.7 cm³/mol. The monoisotopic (exact) mass is 278 g/mol. The van der Waals surface area contributed by atoms with Gasteiger partial charge in [-0.25, -0.2) is 0 Å². The van der Waals surface area contributed by atoms with Gasteiger partial charge in [0.15, 0.2) is 11.5 Å². The Labute approximate surface area is 118 Å². The van der Waals surface area contributed by atoms with Crippen LogP contribution >= 0.6 is 0 Å². The summed E-state index contributed by atoms with van der Waals surface area (Å²) in [6.07, 6.45) is 4.56. The summed E-state index contributed by atoms with van der Waals surface area (Å²) in [6.45, 7) is 2.29. The van der Waals surface area contributed by atoms with Crippen LogP contribution in [0.5, 0.6) is 11.5 Å². The maximum absolute atomic E-state index is 14.4. The molecule has 1 heterocycles. The first kappa shape index (κ1) is 13.3. The van der Waals surface area contributed by atoms with Gasteiger partial charge in [0.25, 0.3) is 0 Å². The molecular weight excluding hydrogens is 259 g/mol. The molecule has 0 aromatic heterocycles. The van der Waals surface area contributed by atoms with E-state index in [-0.39, 0.29) is 23.6 Å². The highest BCUT2D eigenvalue weighted by Gasteiger charge is 2.40. The van der Waals surface area contributed by atoms with E-state index >= 15 is 0 Å². The van der Waals surface area contributed by atoms with Crippen LogP contribution in [0.3, 0.4) is 0 Å². The summed E-state index contributed by atoms with van der Waals surface area (Å²) in [5.74, 6) is 0.572. The van der Waals surface area contributed by atoms with Crippen molar-refractivity contribution in [3.63, 3.8) is 0 Å². The molecule has 0 N–H and O–H groups in total. The summed E-state index contributed by atoms with van der Waals surface area (Å²) in [5, 5.41) is 0.